The van der Waals surface area contributed by atoms with E-state index in [1.807, 2.05) is 20.2 Å². The van der Waals surface area contributed by atoms with Crippen molar-refractivity contribution in [3.8, 4) is 5.75 Å². The molecule has 1 atom stereocenters. The van der Waals surface area contributed by atoms with Gasteiger partial charge in [0.05, 0.1) is 12.0 Å². The number of ether oxygens (including phenoxy) is 1. The molecule has 5 nitrogen and oxygen atoms in total. The van der Waals surface area contributed by atoms with Crippen LogP contribution in [0.5, 0.6) is 5.75 Å². The lowest BCUT2D eigenvalue weighted by molar-refractivity contribution is 0.406. The molecule has 21 heavy (non-hydrogen) atoms. The van der Waals surface area contributed by atoms with Crippen molar-refractivity contribution >= 4 is 21.8 Å². The van der Waals surface area contributed by atoms with E-state index in [0.717, 1.165) is 11.3 Å². The summed E-state index contributed by atoms with van der Waals surface area (Å²) >= 11 is 1.63. The maximum atomic E-state index is 12.7. The van der Waals surface area contributed by atoms with Crippen LogP contribution >= 0.6 is 11.8 Å². The first-order chi connectivity index (χ1) is 9.88. The summed E-state index contributed by atoms with van der Waals surface area (Å²) in [6, 6.07) is 4.91. The summed E-state index contributed by atoms with van der Waals surface area (Å²) in [5.74, 6) is 1.44. The second-order valence-corrected chi connectivity index (χ2v) is 7.74. The minimum Gasteiger partial charge on any atom is -0.496 e. The van der Waals surface area contributed by atoms with Crippen LogP contribution in [0.15, 0.2) is 23.1 Å². The zero-order chi connectivity index (χ0) is 16.0. The Bertz CT molecular complexity index is 561. The highest BCUT2D eigenvalue weighted by atomic mass is 32.2. The summed E-state index contributed by atoms with van der Waals surface area (Å²) in [4.78, 5) is 0.295. The molecule has 0 saturated carbocycles. The third-order valence-electron chi connectivity index (χ3n) is 3.32. The van der Waals surface area contributed by atoms with Gasteiger partial charge in [0.25, 0.3) is 0 Å². The third kappa shape index (κ3) is 4.35. The highest BCUT2D eigenvalue weighted by Gasteiger charge is 2.25. The number of nitrogens with one attached hydrogen (secondary N) is 1. The van der Waals surface area contributed by atoms with Crippen molar-refractivity contribution in [2.45, 2.75) is 24.4 Å². The molecule has 0 aliphatic rings. The Kier molecular flexibility index (Phi) is 6.99. The molecule has 7 heteroatoms. The Labute approximate surface area is 132 Å². The van der Waals surface area contributed by atoms with Crippen molar-refractivity contribution in [1.29, 1.82) is 0 Å². The van der Waals surface area contributed by atoms with Gasteiger partial charge in [-0.25, -0.2) is 8.42 Å². The molecular formula is C14H24N2O3S2. The molecule has 0 aliphatic heterocycles. The lowest BCUT2D eigenvalue weighted by atomic mass is 10.2. The smallest absolute Gasteiger partial charge is 0.243 e. The van der Waals surface area contributed by atoms with Crippen LogP contribution in [-0.2, 0) is 16.6 Å². The SMILES string of the molecule is CNCc1cc(S(=O)(=O)N(C)C(C)CSC)ccc1OC. The van der Waals surface area contributed by atoms with Gasteiger partial charge >= 0.3 is 0 Å². The average molecular weight is 332 g/mol. The summed E-state index contributed by atoms with van der Waals surface area (Å²) in [5.41, 5.74) is 0.826. The monoisotopic (exact) mass is 332 g/mol. The molecule has 0 fully saturated rings. The van der Waals surface area contributed by atoms with Gasteiger partial charge in [-0.2, -0.15) is 16.1 Å². The molecule has 120 valence electrons. The molecule has 0 saturated heterocycles. The number of thioether (sulfide) groups is 1. The predicted molar refractivity (Wildman–Crippen MR) is 88.6 cm³/mol. The van der Waals surface area contributed by atoms with E-state index in [9.17, 15) is 8.42 Å². The fourth-order valence-corrected chi connectivity index (χ4v) is 4.21. The highest BCUT2D eigenvalue weighted by Crippen LogP contribution is 2.25. The van der Waals surface area contributed by atoms with Gasteiger partial charge in [0.1, 0.15) is 5.75 Å². The minimum absolute atomic E-state index is 0.0557. The summed E-state index contributed by atoms with van der Waals surface area (Å²) in [7, 11) is 1.53. The Hall–Kier alpha value is -0.760. The van der Waals surface area contributed by atoms with Crippen molar-refractivity contribution in [2.75, 3.05) is 33.2 Å². The summed E-state index contributed by atoms with van der Waals surface area (Å²) in [6.07, 6.45) is 1.97. The molecule has 0 aromatic heterocycles. The van der Waals surface area contributed by atoms with Gasteiger partial charge in [0, 0.05) is 31.0 Å². The van der Waals surface area contributed by atoms with E-state index in [4.69, 9.17) is 4.74 Å². The number of hydrogen-bond donors (Lipinski definition) is 1. The molecule has 1 rings (SSSR count). The first-order valence-electron chi connectivity index (χ1n) is 6.67. The molecule has 0 heterocycles. The molecule has 1 aromatic rings. The van der Waals surface area contributed by atoms with E-state index < -0.39 is 10.0 Å². The van der Waals surface area contributed by atoms with E-state index in [0.29, 0.717) is 17.2 Å². The van der Waals surface area contributed by atoms with Gasteiger partial charge in [0.2, 0.25) is 10.0 Å². The zero-order valence-corrected chi connectivity index (χ0v) is 14.8. The van der Waals surface area contributed by atoms with E-state index >= 15 is 0 Å². The van der Waals surface area contributed by atoms with Crippen LogP contribution < -0.4 is 10.1 Å². The molecule has 0 spiro atoms. The van der Waals surface area contributed by atoms with E-state index in [-0.39, 0.29) is 6.04 Å². The molecule has 1 N–H and O–H groups in total. The van der Waals surface area contributed by atoms with Crippen molar-refractivity contribution in [3.63, 3.8) is 0 Å². The number of methoxy groups -OCH3 is 1. The Morgan fingerprint density at radius 1 is 1.43 bits per heavy atom. The van der Waals surface area contributed by atoms with Crippen molar-refractivity contribution < 1.29 is 13.2 Å². The van der Waals surface area contributed by atoms with Crippen LogP contribution in [0.25, 0.3) is 0 Å². The summed E-state index contributed by atoms with van der Waals surface area (Å²) in [6.45, 7) is 2.46. The van der Waals surface area contributed by atoms with E-state index in [1.165, 1.54) is 4.31 Å². The van der Waals surface area contributed by atoms with Gasteiger partial charge in [-0.1, -0.05) is 0 Å². The van der Waals surface area contributed by atoms with Gasteiger partial charge in [-0.3, -0.25) is 0 Å². The Morgan fingerprint density at radius 2 is 2.10 bits per heavy atom. The second-order valence-electron chi connectivity index (χ2n) is 4.83. The van der Waals surface area contributed by atoms with Gasteiger partial charge in [0.15, 0.2) is 0 Å². The Balaban J connectivity index is 3.16. The maximum Gasteiger partial charge on any atom is 0.243 e. The number of nitrogens with zero attached hydrogens (tertiary/aromatic N) is 1. The quantitative estimate of drug-likeness (QED) is 0.786. The zero-order valence-electron chi connectivity index (χ0n) is 13.2. The molecule has 1 unspecified atom stereocenters. The maximum absolute atomic E-state index is 12.7. The van der Waals surface area contributed by atoms with Crippen LogP contribution in [0.3, 0.4) is 0 Å². The first kappa shape index (κ1) is 18.3. The van der Waals surface area contributed by atoms with Gasteiger partial charge in [-0.05, 0) is 38.4 Å². The largest absolute Gasteiger partial charge is 0.496 e. The highest BCUT2D eigenvalue weighted by molar-refractivity contribution is 7.98. The molecule has 0 radical (unpaired) electrons. The number of hydrogen-bond acceptors (Lipinski definition) is 5. The van der Waals surface area contributed by atoms with Crippen molar-refractivity contribution in [3.05, 3.63) is 23.8 Å². The minimum atomic E-state index is -3.49. The molecule has 1 aromatic carbocycles. The number of rotatable bonds is 8. The lowest BCUT2D eigenvalue weighted by Crippen LogP contribution is -2.36. The van der Waals surface area contributed by atoms with Crippen molar-refractivity contribution in [2.24, 2.45) is 0 Å². The average Bonchev–Trinajstić information content (AvgIpc) is 2.46. The number of benzene rings is 1. The van der Waals surface area contributed by atoms with Crippen LogP contribution in [0.4, 0.5) is 0 Å². The molecule has 0 aliphatic carbocycles. The summed E-state index contributed by atoms with van der Waals surface area (Å²) in [5, 5.41) is 3.02. The standard InChI is InChI=1S/C14H24N2O3S2/c1-11(10-20-5)16(3)21(17,18)13-6-7-14(19-4)12(8-13)9-15-2/h6-8,11,15H,9-10H2,1-5H3. The van der Waals surface area contributed by atoms with Crippen LogP contribution in [0.1, 0.15) is 12.5 Å². The topological polar surface area (TPSA) is 58.6 Å². The van der Waals surface area contributed by atoms with Crippen LogP contribution in [-0.4, -0.2) is 52.0 Å². The second kappa shape index (κ2) is 8.03. The molecule has 0 amide bonds. The normalized spacial score (nSPS) is 13.4. The summed E-state index contributed by atoms with van der Waals surface area (Å²) < 4.78 is 32.0. The van der Waals surface area contributed by atoms with E-state index in [1.54, 1.807) is 44.1 Å². The van der Waals surface area contributed by atoms with Crippen LogP contribution in [0.2, 0.25) is 0 Å². The first-order valence-corrected chi connectivity index (χ1v) is 9.50. The molecule has 0 bridgehead atoms. The fraction of sp³-hybridized carbons (Fsp3) is 0.571. The van der Waals surface area contributed by atoms with Crippen LogP contribution in [0, 0.1) is 0 Å². The Morgan fingerprint density at radius 3 is 2.62 bits per heavy atom. The van der Waals surface area contributed by atoms with E-state index in [2.05, 4.69) is 5.32 Å². The van der Waals surface area contributed by atoms with Crippen molar-refractivity contribution in [1.82, 2.24) is 9.62 Å². The third-order valence-corrected chi connectivity index (χ3v) is 6.11. The lowest BCUT2D eigenvalue weighted by Gasteiger charge is -2.24. The fourth-order valence-electron chi connectivity index (χ4n) is 1.99. The predicted octanol–water partition coefficient (Wildman–Crippen LogP) is 1.79. The van der Waals surface area contributed by atoms with Gasteiger partial charge in [-0.15, -0.1) is 0 Å². The number of sulfonamides is 1. The molecular weight excluding hydrogens is 308 g/mol. The van der Waals surface area contributed by atoms with Gasteiger partial charge < -0.3 is 10.1 Å².